The fourth-order valence-corrected chi connectivity index (χ4v) is 3.08. The van der Waals surface area contributed by atoms with Crippen LogP contribution in [0.4, 0.5) is 5.69 Å². The van der Waals surface area contributed by atoms with Gasteiger partial charge in [0.1, 0.15) is 17.9 Å². The lowest BCUT2D eigenvalue weighted by atomic mass is 10.1. The van der Waals surface area contributed by atoms with E-state index in [4.69, 9.17) is 26.2 Å². The molecular formula is C21H27ClN2O5. The number of fused-ring (bicyclic) bond motifs is 3. The van der Waals surface area contributed by atoms with Gasteiger partial charge in [-0.2, -0.15) is 0 Å². The summed E-state index contributed by atoms with van der Waals surface area (Å²) in [4.78, 5) is 23.3. The first-order valence-corrected chi connectivity index (χ1v) is 9.98. The number of nitrogens with one attached hydrogen (secondary N) is 1. The molecule has 2 heterocycles. The van der Waals surface area contributed by atoms with Gasteiger partial charge in [-0.15, -0.1) is 0 Å². The Balaban J connectivity index is 0.000000941. The molecule has 1 aromatic carbocycles. The molecule has 0 saturated carbocycles. The summed E-state index contributed by atoms with van der Waals surface area (Å²) in [6, 6.07) is 4.85. The molecule has 0 radical (unpaired) electrons. The Bertz CT molecular complexity index is 911. The number of ether oxygens (including phenoxy) is 2. The van der Waals surface area contributed by atoms with E-state index in [1.165, 1.54) is 18.7 Å². The number of pyridine rings is 1. The van der Waals surface area contributed by atoms with Crippen LogP contribution in [0.3, 0.4) is 0 Å². The standard InChI is InChI=1S/C18H19ClN2O5.C3H8/c1-25-5-2-3-20-14-8-17-11(7-13(14)19)15-9-16(22)12(18(23)24)10-21(15)4-6-26-17;1-3-2/h7-10,20H,2-6H2,1H3,(H,23,24);3H2,1-2H3. The minimum absolute atomic E-state index is 0.264. The van der Waals surface area contributed by atoms with Crippen LogP contribution >= 0.6 is 11.6 Å². The van der Waals surface area contributed by atoms with Gasteiger partial charge in [-0.25, -0.2) is 4.79 Å². The smallest absolute Gasteiger partial charge is 0.341 e. The monoisotopic (exact) mass is 422 g/mol. The van der Waals surface area contributed by atoms with Crippen molar-refractivity contribution in [3.05, 3.63) is 45.2 Å². The highest BCUT2D eigenvalue weighted by Crippen LogP contribution is 2.38. The first kappa shape index (κ1) is 22.8. The SMILES string of the molecule is CCC.COCCCNc1cc2c(cc1Cl)-c1cc(=O)c(C(=O)O)cn1CCO2. The Morgan fingerprint density at radius 1 is 1.34 bits per heavy atom. The van der Waals surface area contributed by atoms with Crippen LogP contribution in [0.2, 0.25) is 5.02 Å². The van der Waals surface area contributed by atoms with Crippen molar-refractivity contribution in [1.82, 2.24) is 4.57 Å². The number of hydrogen-bond acceptors (Lipinski definition) is 5. The molecule has 0 unspecified atom stereocenters. The Hall–Kier alpha value is -2.51. The molecule has 0 spiro atoms. The fourth-order valence-electron chi connectivity index (χ4n) is 2.85. The minimum Gasteiger partial charge on any atom is -0.491 e. The predicted octanol–water partition coefficient (Wildman–Crippen LogP) is 4.12. The van der Waals surface area contributed by atoms with Gasteiger partial charge in [0, 0.05) is 44.2 Å². The van der Waals surface area contributed by atoms with Crippen LogP contribution in [-0.2, 0) is 11.3 Å². The number of methoxy groups -OCH3 is 1. The van der Waals surface area contributed by atoms with E-state index in [-0.39, 0.29) is 5.56 Å². The van der Waals surface area contributed by atoms with E-state index in [9.17, 15) is 9.59 Å². The summed E-state index contributed by atoms with van der Waals surface area (Å²) in [5, 5.41) is 12.9. The first-order chi connectivity index (χ1) is 13.9. The van der Waals surface area contributed by atoms with E-state index < -0.39 is 11.4 Å². The topological polar surface area (TPSA) is 89.8 Å². The normalized spacial score (nSPS) is 11.9. The lowest BCUT2D eigenvalue weighted by Crippen LogP contribution is -2.19. The second-order valence-corrected chi connectivity index (χ2v) is 7.00. The number of anilines is 1. The van der Waals surface area contributed by atoms with E-state index in [2.05, 4.69) is 19.2 Å². The van der Waals surface area contributed by atoms with Gasteiger partial charge >= 0.3 is 5.97 Å². The van der Waals surface area contributed by atoms with Crippen LogP contribution in [0.5, 0.6) is 5.75 Å². The molecule has 1 aromatic heterocycles. The van der Waals surface area contributed by atoms with Crippen molar-refractivity contribution in [1.29, 1.82) is 0 Å². The number of benzene rings is 1. The fraction of sp³-hybridized carbons (Fsp3) is 0.429. The maximum atomic E-state index is 12.1. The second-order valence-electron chi connectivity index (χ2n) is 6.59. The van der Waals surface area contributed by atoms with Crippen molar-refractivity contribution in [3.8, 4) is 17.0 Å². The highest BCUT2D eigenvalue weighted by atomic mass is 35.5. The molecule has 29 heavy (non-hydrogen) atoms. The molecule has 8 heteroatoms. The maximum Gasteiger partial charge on any atom is 0.341 e. The Morgan fingerprint density at radius 3 is 2.72 bits per heavy atom. The van der Waals surface area contributed by atoms with Gasteiger partial charge < -0.3 is 24.5 Å². The first-order valence-electron chi connectivity index (χ1n) is 9.60. The third kappa shape index (κ3) is 5.74. The lowest BCUT2D eigenvalue weighted by Gasteiger charge is -2.14. The molecule has 1 aliphatic rings. The van der Waals surface area contributed by atoms with Crippen molar-refractivity contribution in [2.75, 3.05) is 32.2 Å². The maximum absolute atomic E-state index is 12.1. The van der Waals surface area contributed by atoms with Gasteiger partial charge in [-0.1, -0.05) is 31.9 Å². The summed E-state index contributed by atoms with van der Waals surface area (Å²) in [7, 11) is 1.65. The summed E-state index contributed by atoms with van der Waals surface area (Å²) < 4.78 is 12.5. The van der Waals surface area contributed by atoms with Crippen molar-refractivity contribution in [3.63, 3.8) is 0 Å². The molecule has 0 atom stereocenters. The summed E-state index contributed by atoms with van der Waals surface area (Å²) >= 11 is 6.38. The Kier molecular flexibility index (Phi) is 8.54. The zero-order valence-corrected chi connectivity index (χ0v) is 17.7. The number of carboxylic acids is 1. The van der Waals surface area contributed by atoms with Crippen LogP contribution in [-0.4, -0.2) is 42.5 Å². The van der Waals surface area contributed by atoms with Gasteiger partial charge in [0.2, 0.25) is 0 Å². The van der Waals surface area contributed by atoms with Crippen LogP contribution in [0.1, 0.15) is 37.0 Å². The van der Waals surface area contributed by atoms with Crippen LogP contribution < -0.4 is 15.5 Å². The number of carboxylic acid groups (broad SMARTS) is 1. The van der Waals surface area contributed by atoms with E-state index in [1.807, 2.05) is 0 Å². The minimum atomic E-state index is -1.25. The molecule has 1 aliphatic heterocycles. The third-order valence-corrected chi connectivity index (χ3v) is 4.45. The molecule has 0 bridgehead atoms. The number of halogens is 1. The van der Waals surface area contributed by atoms with Gasteiger partial charge in [0.25, 0.3) is 0 Å². The van der Waals surface area contributed by atoms with Crippen molar-refractivity contribution in [2.24, 2.45) is 0 Å². The Morgan fingerprint density at radius 2 is 2.07 bits per heavy atom. The second kappa shape index (κ2) is 10.9. The molecule has 7 nitrogen and oxygen atoms in total. The predicted molar refractivity (Wildman–Crippen MR) is 115 cm³/mol. The zero-order chi connectivity index (χ0) is 21.4. The molecule has 0 saturated heterocycles. The van der Waals surface area contributed by atoms with Gasteiger partial charge in [-0.3, -0.25) is 4.79 Å². The zero-order valence-electron chi connectivity index (χ0n) is 17.0. The Labute approximate surface area is 175 Å². The third-order valence-electron chi connectivity index (χ3n) is 4.13. The largest absolute Gasteiger partial charge is 0.491 e. The van der Waals surface area contributed by atoms with Crippen molar-refractivity contribution < 1.29 is 19.4 Å². The van der Waals surface area contributed by atoms with Crippen LogP contribution in [0.15, 0.2) is 29.2 Å². The molecule has 3 rings (SSSR count). The van der Waals surface area contributed by atoms with Gasteiger partial charge in [-0.05, 0) is 12.5 Å². The summed E-state index contributed by atoms with van der Waals surface area (Å²) in [6.07, 6.45) is 3.43. The number of rotatable bonds is 6. The summed E-state index contributed by atoms with van der Waals surface area (Å²) in [5.74, 6) is -0.651. The van der Waals surface area contributed by atoms with Gasteiger partial charge in [0.15, 0.2) is 5.43 Å². The number of nitrogens with zero attached hydrogens (tertiary/aromatic N) is 1. The number of hydrogen-bond donors (Lipinski definition) is 2. The number of aromatic carboxylic acids is 1. The van der Waals surface area contributed by atoms with Crippen LogP contribution in [0, 0.1) is 0 Å². The van der Waals surface area contributed by atoms with E-state index in [1.54, 1.807) is 23.8 Å². The molecule has 0 fully saturated rings. The van der Waals surface area contributed by atoms with E-state index in [0.717, 1.165) is 12.1 Å². The molecular weight excluding hydrogens is 396 g/mol. The number of aromatic nitrogens is 1. The van der Waals surface area contributed by atoms with E-state index in [0.29, 0.717) is 48.3 Å². The lowest BCUT2D eigenvalue weighted by molar-refractivity contribution is 0.0694. The van der Waals surface area contributed by atoms with E-state index >= 15 is 0 Å². The molecule has 0 amide bonds. The van der Waals surface area contributed by atoms with Gasteiger partial charge in [0.05, 0.1) is 22.9 Å². The van der Waals surface area contributed by atoms with Crippen molar-refractivity contribution in [2.45, 2.75) is 33.2 Å². The highest BCUT2D eigenvalue weighted by Gasteiger charge is 2.20. The molecule has 2 aromatic rings. The molecule has 0 aliphatic carbocycles. The molecule has 158 valence electrons. The van der Waals surface area contributed by atoms with Crippen molar-refractivity contribution >= 4 is 23.3 Å². The van der Waals surface area contributed by atoms with Crippen LogP contribution in [0.25, 0.3) is 11.3 Å². The number of carbonyl (C=O) groups is 1. The summed E-state index contributed by atoms with van der Waals surface area (Å²) in [6.45, 7) is 6.38. The molecule has 2 N–H and O–H groups in total. The summed E-state index contributed by atoms with van der Waals surface area (Å²) in [5.41, 5.74) is 1.16. The average Bonchev–Trinajstić information content (AvgIpc) is 2.84. The average molecular weight is 423 g/mol. The highest BCUT2D eigenvalue weighted by molar-refractivity contribution is 6.33. The quantitative estimate of drug-likeness (QED) is 0.680.